The van der Waals surface area contributed by atoms with Gasteiger partial charge in [0.1, 0.15) is 0 Å². The molecule has 0 aliphatic rings. The second-order valence-electron chi connectivity index (χ2n) is 15.4. The van der Waals surface area contributed by atoms with E-state index in [9.17, 15) is 0 Å². The molecule has 1 heterocycles. The van der Waals surface area contributed by atoms with Gasteiger partial charge >= 0.3 is 0 Å². The van der Waals surface area contributed by atoms with Gasteiger partial charge in [0.05, 0.1) is 11.4 Å². The van der Waals surface area contributed by atoms with Crippen molar-refractivity contribution in [2.45, 2.75) is 0 Å². The van der Waals surface area contributed by atoms with Gasteiger partial charge in [-0.25, -0.2) is 9.97 Å². The van der Waals surface area contributed by atoms with Crippen LogP contribution in [0.4, 0.5) is 0 Å². The van der Waals surface area contributed by atoms with Gasteiger partial charge in [0.2, 0.25) is 0 Å². The van der Waals surface area contributed by atoms with Crippen LogP contribution >= 0.6 is 0 Å². The molecule has 2 nitrogen and oxygen atoms in total. The van der Waals surface area contributed by atoms with Crippen molar-refractivity contribution in [2.75, 3.05) is 0 Å². The van der Waals surface area contributed by atoms with Crippen LogP contribution < -0.4 is 0 Å². The molecule has 280 valence electrons. The average molecular weight is 763 g/mol. The Kier molecular flexibility index (Phi) is 8.87. The lowest BCUT2D eigenvalue weighted by Gasteiger charge is -2.15. The summed E-state index contributed by atoms with van der Waals surface area (Å²) < 4.78 is 0. The molecule has 11 rings (SSSR count). The predicted molar refractivity (Wildman–Crippen MR) is 253 cm³/mol. The summed E-state index contributed by atoms with van der Waals surface area (Å²) in [5.41, 5.74) is 14.2. The molecule has 0 fully saturated rings. The minimum atomic E-state index is 0.685. The molecule has 10 aromatic carbocycles. The Labute approximate surface area is 349 Å². The third-order valence-electron chi connectivity index (χ3n) is 11.7. The Hall–Kier alpha value is -7.94. The molecule has 1 aromatic heterocycles. The summed E-state index contributed by atoms with van der Waals surface area (Å²) >= 11 is 0. The molecule has 60 heavy (non-hydrogen) atoms. The van der Waals surface area contributed by atoms with Gasteiger partial charge in [0.15, 0.2) is 5.82 Å². The number of hydrogen-bond acceptors (Lipinski definition) is 2. The molecule has 0 unspecified atom stereocenters. The van der Waals surface area contributed by atoms with Crippen molar-refractivity contribution >= 4 is 32.3 Å². The summed E-state index contributed by atoms with van der Waals surface area (Å²) in [7, 11) is 0. The largest absolute Gasteiger partial charge is 0.228 e. The van der Waals surface area contributed by atoms with E-state index < -0.39 is 0 Å². The molecular formula is C58H38N2. The Balaban J connectivity index is 1.03. The molecule has 0 aliphatic heterocycles. The maximum Gasteiger partial charge on any atom is 0.160 e. The summed E-state index contributed by atoms with van der Waals surface area (Å²) in [5.74, 6) is 0.685. The van der Waals surface area contributed by atoms with E-state index >= 15 is 0 Å². The third kappa shape index (κ3) is 6.61. The fraction of sp³-hybridized carbons (Fsp3) is 0. The van der Waals surface area contributed by atoms with Gasteiger partial charge in [-0.3, -0.25) is 0 Å². The van der Waals surface area contributed by atoms with Crippen LogP contribution in [0.3, 0.4) is 0 Å². The molecule has 0 radical (unpaired) electrons. The highest BCUT2D eigenvalue weighted by molar-refractivity contribution is 6.20. The van der Waals surface area contributed by atoms with E-state index in [1.807, 2.05) is 0 Å². The second-order valence-corrected chi connectivity index (χ2v) is 15.4. The molecule has 0 saturated carbocycles. The quantitative estimate of drug-likeness (QED) is 0.119. The molecule has 0 N–H and O–H groups in total. The highest BCUT2D eigenvalue weighted by Gasteiger charge is 2.16. The first-order valence-corrected chi connectivity index (χ1v) is 20.5. The summed E-state index contributed by atoms with van der Waals surface area (Å²) in [6, 6.07) is 82.4. The number of nitrogens with zero attached hydrogens (tertiary/aromatic N) is 2. The lowest BCUT2D eigenvalue weighted by atomic mass is 9.89. The molecule has 0 atom stereocenters. The van der Waals surface area contributed by atoms with Crippen molar-refractivity contribution in [3.63, 3.8) is 0 Å². The summed E-state index contributed by atoms with van der Waals surface area (Å²) in [5, 5.41) is 7.53. The highest BCUT2D eigenvalue weighted by Crippen LogP contribution is 2.41. The number of hydrogen-bond donors (Lipinski definition) is 0. The van der Waals surface area contributed by atoms with E-state index in [2.05, 4.69) is 231 Å². The van der Waals surface area contributed by atoms with Crippen molar-refractivity contribution < 1.29 is 0 Å². The second kappa shape index (κ2) is 15.1. The fourth-order valence-corrected chi connectivity index (χ4v) is 8.65. The van der Waals surface area contributed by atoms with Gasteiger partial charge in [-0.05, 0) is 107 Å². The molecule has 11 aromatic rings. The Morgan fingerprint density at radius 3 is 1.40 bits per heavy atom. The first kappa shape index (κ1) is 35.2. The third-order valence-corrected chi connectivity index (χ3v) is 11.7. The zero-order valence-corrected chi connectivity index (χ0v) is 32.8. The topological polar surface area (TPSA) is 25.8 Å². The maximum atomic E-state index is 5.28. The van der Waals surface area contributed by atoms with Gasteiger partial charge in [0.25, 0.3) is 0 Å². The zero-order chi connectivity index (χ0) is 39.8. The van der Waals surface area contributed by atoms with Crippen LogP contribution in [0.25, 0.3) is 111 Å². The fourth-order valence-electron chi connectivity index (χ4n) is 8.65. The smallest absolute Gasteiger partial charge is 0.160 e. The highest BCUT2D eigenvalue weighted by atomic mass is 14.9. The number of aromatic nitrogens is 2. The van der Waals surface area contributed by atoms with Crippen LogP contribution in [0.2, 0.25) is 0 Å². The monoisotopic (exact) mass is 762 g/mol. The van der Waals surface area contributed by atoms with Gasteiger partial charge in [-0.2, -0.15) is 0 Å². The molecule has 0 aliphatic carbocycles. The Bertz CT molecular complexity index is 3350. The van der Waals surface area contributed by atoms with E-state index in [4.69, 9.17) is 9.97 Å². The zero-order valence-electron chi connectivity index (χ0n) is 32.8. The SMILES string of the molecule is c1ccc(-c2ccc(-c3cc(-c4cccc(-c5ccccc5)c4)nc(-c4cccc(-c5cccc(-c6c7ccccc7cc7c6ccc6ccccc67)c5)c4)n3)cc2)cc1. The number of benzene rings is 10. The first-order valence-electron chi connectivity index (χ1n) is 20.5. The first-order chi connectivity index (χ1) is 29.7. The van der Waals surface area contributed by atoms with Crippen LogP contribution in [-0.4, -0.2) is 9.97 Å². The minimum Gasteiger partial charge on any atom is -0.228 e. The lowest BCUT2D eigenvalue weighted by Crippen LogP contribution is -1.96. The maximum absolute atomic E-state index is 5.28. The molecule has 0 bridgehead atoms. The molecular weight excluding hydrogens is 725 g/mol. The van der Waals surface area contributed by atoms with Crippen molar-refractivity contribution in [2.24, 2.45) is 0 Å². The van der Waals surface area contributed by atoms with E-state index in [0.717, 1.165) is 44.8 Å². The molecule has 0 saturated heterocycles. The van der Waals surface area contributed by atoms with E-state index in [1.165, 1.54) is 60.1 Å². The molecule has 0 spiro atoms. The van der Waals surface area contributed by atoms with Gasteiger partial charge in [-0.1, -0.05) is 200 Å². The normalized spacial score (nSPS) is 11.3. The summed E-state index contributed by atoms with van der Waals surface area (Å²) in [6.07, 6.45) is 0. The molecule has 2 heteroatoms. The lowest BCUT2D eigenvalue weighted by molar-refractivity contribution is 1.18. The van der Waals surface area contributed by atoms with Gasteiger partial charge in [-0.15, -0.1) is 0 Å². The number of rotatable bonds is 7. The van der Waals surface area contributed by atoms with E-state index in [1.54, 1.807) is 0 Å². The molecule has 0 amide bonds. The van der Waals surface area contributed by atoms with Gasteiger partial charge < -0.3 is 0 Å². The summed E-state index contributed by atoms with van der Waals surface area (Å²) in [4.78, 5) is 10.5. The Morgan fingerprint density at radius 1 is 0.217 bits per heavy atom. The van der Waals surface area contributed by atoms with Crippen molar-refractivity contribution in [3.05, 3.63) is 231 Å². The van der Waals surface area contributed by atoms with Crippen LogP contribution in [0.1, 0.15) is 0 Å². The van der Waals surface area contributed by atoms with E-state index in [-0.39, 0.29) is 0 Å². The minimum absolute atomic E-state index is 0.685. The standard InChI is InChI=1S/C58H38N2/c1-3-14-39(15-4-1)41-28-30-43(31-29-41)55-38-56(48-23-11-20-44(34-48)40-16-5-2-6-17-40)60-58(59-55)50-25-13-22-46(36-50)45-21-12-24-49(35-45)57-52-27-10-8-19-47(52)37-54-51-26-9-7-18-42(51)32-33-53(54)57/h1-38H. The van der Waals surface area contributed by atoms with Crippen molar-refractivity contribution in [1.82, 2.24) is 9.97 Å². The van der Waals surface area contributed by atoms with Crippen molar-refractivity contribution in [3.8, 4) is 78.4 Å². The number of fused-ring (bicyclic) bond motifs is 4. The van der Waals surface area contributed by atoms with Crippen LogP contribution in [0.5, 0.6) is 0 Å². The van der Waals surface area contributed by atoms with Crippen molar-refractivity contribution in [1.29, 1.82) is 0 Å². The average Bonchev–Trinajstić information content (AvgIpc) is 3.34. The summed E-state index contributed by atoms with van der Waals surface area (Å²) in [6.45, 7) is 0. The predicted octanol–water partition coefficient (Wildman–Crippen LogP) is 15.6. The van der Waals surface area contributed by atoms with E-state index in [0.29, 0.717) is 5.82 Å². The Morgan fingerprint density at radius 2 is 0.683 bits per heavy atom. The van der Waals surface area contributed by atoms with Crippen LogP contribution in [0, 0.1) is 0 Å². The van der Waals surface area contributed by atoms with Crippen LogP contribution in [-0.2, 0) is 0 Å². The van der Waals surface area contributed by atoms with Gasteiger partial charge in [0, 0.05) is 16.7 Å². The van der Waals surface area contributed by atoms with Crippen LogP contribution in [0.15, 0.2) is 231 Å².